The molecule has 0 aromatic carbocycles. The van der Waals surface area contributed by atoms with E-state index in [1.807, 2.05) is 12.1 Å². The molecule has 204 valence electrons. The summed E-state index contributed by atoms with van der Waals surface area (Å²) in [6, 6.07) is 2.24. The fraction of sp³-hybridized carbons (Fsp3) is 0.522. The van der Waals surface area contributed by atoms with Crippen LogP contribution in [-0.4, -0.2) is 88.1 Å². The van der Waals surface area contributed by atoms with Gasteiger partial charge >= 0.3 is 11.9 Å². The van der Waals surface area contributed by atoms with Crippen LogP contribution in [-0.2, 0) is 31.0 Å². The van der Waals surface area contributed by atoms with Gasteiger partial charge in [-0.1, -0.05) is 18.2 Å². The lowest BCUT2D eigenvalue weighted by molar-refractivity contribution is -0.151. The maximum absolute atomic E-state index is 13.3. The average molecular weight is 564 g/mol. The maximum Gasteiger partial charge on any atom is 0.352 e. The molecule has 2 N–H and O–H groups in total. The third kappa shape index (κ3) is 6.04. The number of tetrazole rings is 1. The summed E-state index contributed by atoms with van der Waals surface area (Å²) in [6.07, 6.45) is 5.51. The highest BCUT2D eigenvalue weighted by atomic mass is 32.2. The lowest BCUT2D eigenvalue weighted by Gasteiger charge is -2.49. The molecule has 4 heterocycles. The number of unbranched alkanes of at least 4 members (excludes halogenated alkanes) is 1. The monoisotopic (exact) mass is 563 g/mol. The van der Waals surface area contributed by atoms with Crippen molar-refractivity contribution in [3.63, 3.8) is 0 Å². The number of amides is 2. The summed E-state index contributed by atoms with van der Waals surface area (Å²) in [5.74, 6) is -1.52. The van der Waals surface area contributed by atoms with Gasteiger partial charge in [-0.25, -0.2) is 9.48 Å². The molecule has 38 heavy (non-hydrogen) atoms. The summed E-state index contributed by atoms with van der Waals surface area (Å²) in [5.41, 5.74) is 0.546. The highest BCUT2D eigenvalue weighted by molar-refractivity contribution is 8.01. The molecule has 2 aromatic heterocycles. The first-order valence-electron chi connectivity index (χ1n) is 12.1. The van der Waals surface area contributed by atoms with Crippen LogP contribution in [0.3, 0.4) is 0 Å². The van der Waals surface area contributed by atoms with Crippen LogP contribution in [0.2, 0.25) is 0 Å². The number of thioether (sulfide) groups is 2. The summed E-state index contributed by atoms with van der Waals surface area (Å²) < 4.78 is 8.21. The van der Waals surface area contributed by atoms with Gasteiger partial charge in [0.15, 0.2) is 0 Å². The minimum atomic E-state index is -1.19. The number of ether oxygens (including phenoxy) is 1. The Morgan fingerprint density at radius 2 is 2.05 bits per heavy atom. The zero-order valence-corrected chi connectivity index (χ0v) is 22.6. The van der Waals surface area contributed by atoms with E-state index in [9.17, 15) is 24.3 Å². The molecule has 3 unspecified atom stereocenters. The van der Waals surface area contributed by atoms with Crippen LogP contribution in [0.15, 0.2) is 41.0 Å². The number of nitrogens with one attached hydrogen (secondary N) is 1. The van der Waals surface area contributed by atoms with E-state index in [1.165, 1.54) is 33.1 Å². The Morgan fingerprint density at radius 3 is 2.71 bits per heavy atom. The molecule has 1 fully saturated rings. The van der Waals surface area contributed by atoms with Gasteiger partial charge in [0.2, 0.25) is 11.1 Å². The number of aryl methyl sites for hydroxylation is 1. The maximum atomic E-state index is 13.3. The van der Waals surface area contributed by atoms with Crippen LogP contribution in [0.25, 0.3) is 0 Å². The number of hydrogen-bond acceptors (Lipinski definition) is 10. The Balaban J connectivity index is 1.40. The van der Waals surface area contributed by atoms with E-state index in [1.54, 1.807) is 30.9 Å². The SMILES string of the molecule is CCOC(=O)CCCCC(C(=O)NC1C(=O)N2C(C(=O)O)=C(CSc3nnnn3C)CSC12)n1cccc1. The molecule has 0 radical (unpaired) electrons. The molecule has 0 saturated carbocycles. The third-order valence-corrected chi connectivity index (χ3v) is 8.64. The molecule has 3 atom stereocenters. The van der Waals surface area contributed by atoms with Crippen molar-refractivity contribution in [3.8, 4) is 0 Å². The van der Waals surface area contributed by atoms with Gasteiger partial charge in [-0.05, 0) is 47.9 Å². The van der Waals surface area contributed by atoms with Crippen molar-refractivity contribution >= 4 is 47.3 Å². The lowest BCUT2D eigenvalue weighted by Crippen LogP contribution is -2.71. The molecule has 1 saturated heterocycles. The normalized spacial score (nSPS) is 19.5. The second-order valence-corrected chi connectivity index (χ2v) is 10.8. The first kappa shape index (κ1) is 27.7. The lowest BCUT2D eigenvalue weighted by atomic mass is 10.0. The van der Waals surface area contributed by atoms with Crippen LogP contribution < -0.4 is 5.32 Å². The van der Waals surface area contributed by atoms with E-state index in [0.717, 1.165) is 0 Å². The molecule has 13 nitrogen and oxygen atoms in total. The second-order valence-electron chi connectivity index (χ2n) is 8.72. The molecule has 4 rings (SSSR count). The van der Waals surface area contributed by atoms with Crippen molar-refractivity contribution in [2.75, 3.05) is 18.1 Å². The van der Waals surface area contributed by atoms with Crippen LogP contribution in [0.5, 0.6) is 0 Å². The van der Waals surface area contributed by atoms with Gasteiger partial charge in [0.1, 0.15) is 23.2 Å². The van der Waals surface area contributed by atoms with Crippen molar-refractivity contribution < 1.29 is 29.0 Å². The van der Waals surface area contributed by atoms with Crippen LogP contribution in [0.4, 0.5) is 0 Å². The van der Waals surface area contributed by atoms with E-state index in [4.69, 9.17) is 4.74 Å². The molecule has 2 amide bonds. The van der Waals surface area contributed by atoms with E-state index >= 15 is 0 Å². The summed E-state index contributed by atoms with van der Waals surface area (Å²) >= 11 is 2.71. The number of nitrogens with zero attached hydrogens (tertiary/aromatic N) is 6. The smallest absolute Gasteiger partial charge is 0.352 e. The molecule has 0 bridgehead atoms. The molecule has 0 spiro atoms. The van der Waals surface area contributed by atoms with Crippen molar-refractivity contribution in [2.45, 2.75) is 55.2 Å². The van der Waals surface area contributed by atoms with E-state index in [-0.39, 0.29) is 24.0 Å². The second kappa shape index (κ2) is 12.5. The number of hydrogen-bond donors (Lipinski definition) is 2. The minimum absolute atomic E-state index is 0.0483. The van der Waals surface area contributed by atoms with Crippen molar-refractivity contribution in [2.24, 2.45) is 7.05 Å². The summed E-state index contributed by atoms with van der Waals surface area (Å²) in [6.45, 7) is 2.08. The summed E-state index contributed by atoms with van der Waals surface area (Å²) in [4.78, 5) is 51.4. The number of carbonyl (C=O) groups excluding carboxylic acids is 3. The van der Waals surface area contributed by atoms with Gasteiger partial charge in [0, 0.05) is 37.4 Å². The number of carbonyl (C=O) groups is 4. The largest absolute Gasteiger partial charge is 0.477 e. The number of esters is 1. The summed E-state index contributed by atoms with van der Waals surface area (Å²) in [5, 5.41) is 24.0. The van der Waals surface area contributed by atoms with E-state index in [0.29, 0.717) is 48.1 Å². The van der Waals surface area contributed by atoms with Gasteiger partial charge < -0.3 is 19.7 Å². The molecule has 2 aliphatic rings. The predicted molar refractivity (Wildman–Crippen MR) is 138 cm³/mol. The zero-order chi connectivity index (χ0) is 27.2. The third-order valence-electron chi connectivity index (χ3n) is 6.21. The summed E-state index contributed by atoms with van der Waals surface area (Å²) in [7, 11) is 1.69. The zero-order valence-electron chi connectivity index (χ0n) is 21.0. The fourth-order valence-electron chi connectivity index (χ4n) is 4.35. The number of β-lactam (4-membered cyclic amide) rings is 1. The van der Waals surface area contributed by atoms with Crippen LogP contribution >= 0.6 is 23.5 Å². The van der Waals surface area contributed by atoms with Gasteiger partial charge in [-0.15, -0.1) is 16.9 Å². The standard InChI is InChI=1S/C23H29N7O6S2/c1-3-36-16(31)9-5-4-8-15(29-10-6-7-11-29)19(32)24-17-20(33)30-18(22(34)35)14(12-37-21(17)30)13-38-23-25-26-27-28(23)2/h6-7,10-11,15,17,21H,3-5,8-9,12-13H2,1-2H3,(H,24,32)(H,34,35). The van der Waals surface area contributed by atoms with E-state index < -0.39 is 29.3 Å². The highest BCUT2D eigenvalue weighted by Gasteiger charge is 2.54. The van der Waals surface area contributed by atoms with Crippen molar-refractivity contribution in [1.29, 1.82) is 0 Å². The van der Waals surface area contributed by atoms with Gasteiger partial charge in [-0.3, -0.25) is 19.3 Å². The molecule has 2 aliphatic heterocycles. The fourth-order valence-corrected chi connectivity index (χ4v) is 6.69. The number of fused-ring (bicyclic) bond motifs is 1. The van der Waals surface area contributed by atoms with Gasteiger partial charge in [0.25, 0.3) is 5.91 Å². The Morgan fingerprint density at radius 1 is 1.29 bits per heavy atom. The topological polar surface area (TPSA) is 162 Å². The van der Waals surface area contributed by atoms with E-state index in [2.05, 4.69) is 20.8 Å². The predicted octanol–water partition coefficient (Wildman–Crippen LogP) is 1.21. The Labute approximate surface area is 227 Å². The molecular weight excluding hydrogens is 534 g/mol. The molecular formula is C23H29N7O6S2. The highest BCUT2D eigenvalue weighted by Crippen LogP contribution is 2.41. The number of carboxylic acids is 1. The quantitative estimate of drug-likeness (QED) is 0.156. The Hall–Kier alpha value is -3.33. The molecule has 2 aromatic rings. The number of aliphatic carboxylic acids is 1. The Kier molecular flexibility index (Phi) is 9.09. The van der Waals surface area contributed by atoms with Crippen molar-refractivity contribution in [3.05, 3.63) is 35.8 Å². The Bertz CT molecular complexity index is 1210. The number of aromatic nitrogens is 5. The van der Waals surface area contributed by atoms with Crippen LogP contribution in [0.1, 0.15) is 38.6 Å². The average Bonchev–Trinajstić information content (AvgIpc) is 3.57. The molecule has 0 aliphatic carbocycles. The minimum Gasteiger partial charge on any atom is -0.477 e. The number of carboxylic acid groups (broad SMARTS) is 1. The first-order valence-corrected chi connectivity index (χ1v) is 14.2. The van der Waals surface area contributed by atoms with Crippen LogP contribution in [0, 0.1) is 0 Å². The molecule has 15 heteroatoms. The number of rotatable bonds is 13. The van der Waals surface area contributed by atoms with Gasteiger partial charge in [-0.2, -0.15) is 0 Å². The van der Waals surface area contributed by atoms with Crippen molar-refractivity contribution in [1.82, 2.24) is 35.0 Å². The van der Waals surface area contributed by atoms with Gasteiger partial charge in [0.05, 0.1) is 6.61 Å². The first-order chi connectivity index (χ1) is 18.3.